The number of anilines is 2. The first-order chi connectivity index (χ1) is 9.95. The van der Waals surface area contributed by atoms with Gasteiger partial charge in [0, 0.05) is 17.4 Å². The molecule has 7 heteroatoms. The molecule has 0 bridgehead atoms. The van der Waals surface area contributed by atoms with Gasteiger partial charge in [0.1, 0.15) is 4.90 Å². The molecule has 0 saturated heterocycles. The summed E-state index contributed by atoms with van der Waals surface area (Å²) in [5.74, 6) is 0. The minimum absolute atomic E-state index is 0.211. The van der Waals surface area contributed by atoms with Gasteiger partial charge in [-0.25, -0.2) is 8.42 Å². The van der Waals surface area contributed by atoms with E-state index in [2.05, 4.69) is 20.2 Å². The summed E-state index contributed by atoms with van der Waals surface area (Å²) < 4.78 is 27.4. The van der Waals surface area contributed by atoms with Crippen LogP contribution in [0.15, 0.2) is 29.2 Å². The number of hydrogen-bond acceptors (Lipinski definition) is 4. The first-order valence-electron chi connectivity index (χ1n) is 6.87. The molecule has 1 heterocycles. The van der Waals surface area contributed by atoms with Crippen LogP contribution in [0.25, 0.3) is 0 Å². The average molecular weight is 306 g/mol. The Morgan fingerprint density at radius 3 is 2.29 bits per heavy atom. The molecule has 1 aromatic carbocycles. The molecule has 0 amide bonds. The lowest BCUT2D eigenvalue weighted by Crippen LogP contribution is -2.14. The number of nitrogens with one attached hydrogen (secondary N) is 3. The van der Waals surface area contributed by atoms with Gasteiger partial charge in [0.25, 0.3) is 10.0 Å². The van der Waals surface area contributed by atoms with Crippen molar-refractivity contribution in [2.75, 3.05) is 10.0 Å². The molecule has 1 aliphatic carbocycles. The van der Waals surface area contributed by atoms with Gasteiger partial charge in [0.15, 0.2) is 0 Å². The quantitative estimate of drug-likeness (QED) is 0.791. The highest BCUT2D eigenvalue weighted by Crippen LogP contribution is 2.26. The zero-order valence-corrected chi connectivity index (χ0v) is 12.8. The van der Waals surface area contributed by atoms with Crippen molar-refractivity contribution in [1.82, 2.24) is 10.2 Å². The van der Waals surface area contributed by atoms with Crippen molar-refractivity contribution < 1.29 is 8.42 Å². The van der Waals surface area contributed by atoms with Crippen molar-refractivity contribution in [1.29, 1.82) is 0 Å². The highest BCUT2D eigenvalue weighted by Gasteiger charge is 2.23. The van der Waals surface area contributed by atoms with Crippen LogP contribution >= 0.6 is 0 Å². The SMILES string of the molecule is Cc1n[nH]c(C)c1S(=O)(=O)Nc1ccc(NC2CC2)cc1. The van der Waals surface area contributed by atoms with E-state index in [1.54, 1.807) is 26.0 Å². The van der Waals surface area contributed by atoms with Crippen LogP contribution in [0.5, 0.6) is 0 Å². The maximum Gasteiger partial charge on any atom is 0.265 e. The largest absolute Gasteiger partial charge is 0.382 e. The summed E-state index contributed by atoms with van der Waals surface area (Å²) in [6, 6.07) is 7.85. The summed E-state index contributed by atoms with van der Waals surface area (Å²) in [6.45, 7) is 3.36. The first-order valence-corrected chi connectivity index (χ1v) is 8.35. The number of H-pyrrole nitrogens is 1. The van der Waals surface area contributed by atoms with Crippen molar-refractivity contribution >= 4 is 21.4 Å². The Bertz CT molecular complexity index is 726. The van der Waals surface area contributed by atoms with Gasteiger partial charge in [-0.3, -0.25) is 9.82 Å². The third-order valence-electron chi connectivity index (χ3n) is 3.41. The van der Waals surface area contributed by atoms with E-state index in [4.69, 9.17) is 0 Å². The van der Waals surface area contributed by atoms with Crippen LogP contribution in [0.2, 0.25) is 0 Å². The van der Waals surface area contributed by atoms with Crippen LogP contribution < -0.4 is 10.0 Å². The molecule has 1 aromatic heterocycles. The summed E-state index contributed by atoms with van der Waals surface area (Å²) in [5, 5.41) is 9.97. The Balaban J connectivity index is 1.78. The molecule has 1 saturated carbocycles. The van der Waals surface area contributed by atoms with Crippen LogP contribution in [0.4, 0.5) is 11.4 Å². The monoisotopic (exact) mass is 306 g/mol. The van der Waals surface area contributed by atoms with Gasteiger partial charge in [-0.05, 0) is 51.0 Å². The van der Waals surface area contributed by atoms with Crippen LogP contribution in [-0.4, -0.2) is 24.7 Å². The number of benzene rings is 1. The number of rotatable bonds is 5. The van der Waals surface area contributed by atoms with E-state index in [9.17, 15) is 8.42 Å². The summed E-state index contributed by atoms with van der Waals surface area (Å²) in [6.07, 6.45) is 2.40. The highest BCUT2D eigenvalue weighted by molar-refractivity contribution is 7.92. The Labute approximate surface area is 124 Å². The summed E-state index contributed by atoms with van der Waals surface area (Å²) in [4.78, 5) is 0.211. The van der Waals surface area contributed by atoms with Gasteiger partial charge in [0.05, 0.1) is 11.4 Å². The van der Waals surface area contributed by atoms with E-state index >= 15 is 0 Å². The number of nitrogens with zero attached hydrogens (tertiary/aromatic N) is 1. The minimum Gasteiger partial charge on any atom is -0.382 e. The summed E-state index contributed by atoms with van der Waals surface area (Å²) in [7, 11) is -3.62. The van der Waals surface area contributed by atoms with E-state index in [-0.39, 0.29) is 4.90 Å². The van der Waals surface area contributed by atoms with Gasteiger partial charge in [-0.1, -0.05) is 0 Å². The Kier molecular flexibility index (Phi) is 3.36. The second-order valence-corrected chi connectivity index (χ2v) is 6.98. The van der Waals surface area contributed by atoms with E-state index in [0.717, 1.165) is 5.69 Å². The zero-order chi connectivity index (χ0) is 15.0. The van der Waals surface area contributed by atoms with Gasteiger partial charge in [-0.15, -0.1) is 0 Å². The molecule has 2 aromatic rings. The summed E-state index contributed by atoms with van der Waals surface area (Å²) in [5.41, 5.74) is 2.55. The lowest BCUT2D eigenvalue weighted by molar-refractivity contribution is 0.600. The van der Waals surface area contributed by atoms with Crippen molar-refractivity contribution in [2.24, 2.45) is 0 Å². The molecule has 3 rings (SSSR count). The lowest BCUT2D eigenvalue weighted by atomic mass is 10.3. The Morgan fingerprint density at radius 1 is 1.14 bits per heavy atom. The smallest absolute Gasteiger partial charge is 0.265 e. The number of aryl methyl sites for hydroxylation is 2. The first kappa shape index (κ1) is 13.9. The highest BCUT2D eigenvalue weighted by atomic mass is 32.2. The van der Waals surface area contributed by atoms with Gasteiger partial charge < -0.3 is 5.32 Å². The minimum atomic E-state index is -3.62. The van der Waals surface area contributed by atoms with E-state index in [1.165, 1.54) is 12.8 Å². The molecule has 0 atom stereocenters. The second-order valence-electron chi connectivity index (χ2n) is 5.36. The number of sulfonamides is 1. The lowest BCUT2D eigenvalue weighted by Gasteiger charge is -2.09. The Hall–Kier alpha value is -2.02. The maximum atomic E-state index is 12.4. The van der Waals surface area contributed by atoms with Crippen molar-refractivity contribution in [3.63, 3.8) is 0 Å². The Morgan fingerprint density at radius 2 is 1.76 bits per heavy atom. The fourth-order valence-electron chi connectivity index (χ4n) is 2.24. The second kappa shape index (κ2) is 5.07. The molecule has 0 aliphatic heterocycles. The standard InChI is InChI=1S/C14H18N4O2S/c1-9-14(10(2)17-16-9)21(19,20)18-13-7-5-12(6-8-13)15-11-3-4-11/h5-8,11,15,18H,3-4H2,1-2H3,(H,16,17). The van der Waals surface area contributed by atoms with Crippen LogP contribution in [0.1, 0.15) is 24.2 Å². The maximum absolute atomic E-state index is 12.4. The number of aromatic nitrogens is 2. The van der Waals surface area contributed by atoms with Crippen molar-refractivity contribution in [3.05, 3.63) is 35.7 Å². The summed E-state index contributed by atoms with van der Waals surface area (Å²) >= 11 is 0. The van der Waals surface area contributed by atoms with Gasteiger partial charge >= 0.3 is 0 Å². The fourth-order valence-corrected chi connectivity index (χ4v) is 3.67. The van der Waals surface area contributed by atoms with Crippen LogP contribution in [0.3, 0.4) is 0 Å². The fraction of sp³-hybridized carbons (Fsp3) is 0.357. The predicted octanol–water partition coefficient (Wildman–Crippen LogP) is 2.40. The third kappa shape index (κ3) is 3.02. The molecule has 21 heavy (non-hydrogen) atoms. The molecule has 0 spiro atoms. The third-order valence-corrected chi connectivity index (χ3v) is 5.06. The normalized spacial score (nSPS) is 15.0. The zero-order valence-electron chi connectivity index (χ0n) is 12.0. The van der Waals surface area contributed by atoms with Crippen LogP contribution in [0, 0.1) is 13.8 Å². The molecule has 1 fully saturated rings. The predicted molar refractivity (Wildman–Crippen MR) is 82.0 cm³/mol. The molecular weight excluding hydrogens is 288 g/mol. The van der Waals surface area contributed by atoms with Crippen molar-refractivity contribution in [3.8, 4) is 0 Å². The topological polar surface area (TPSA) is 86.9 Å². The van der Waals surface area contributed by atoms with Crippen LogP contribution in [-0.2, 0) is 10.0 Å². The van der Waals surface area contributed by atoms with E-state index in [1.807, 2.05) is 12.1 Å². The molecule has 6 nitrogen and oxygen atoms in total. The average Bonchev–Trinajstić information content (AvgIpc) is 3.16. The number of hydrogen-bond donors (Lipinski definition) is 3. The number of aromatic amines is 1. The van der Waals surface area contributed by atoms with E-state index in [0.29, 0.717) is 23.1 Å². The van der Waals surface area contributed by atoms with Gasteiger partial charge in [0.2, 0.25) is 0 Å². The van der Waals surface area contributed by atoms with E-state index < -0.39 is 10.0 Å². The van der Waals surface area contributed by atoms with Gasteiger partial charge in [-0.2, -0.15) is 5.10 Å². The molecule has 0 unspecified atom stereocenters. The molecule has 1 aliphatic rings. The molecule has 112 valence electrons. The van der Waals surface area contributed by atoms with Crippen molar-refractivity contribution in [2.45, 2.75) is 37.6 Å². The molecule has 0 radical (unpaired) electrons. The molecular formula is C14H18N4O2S. The molecule has 3 N–H and O–H groups in total.